The molecule has 0 spiro atoms. The number of amidine groups is 1. The Morgan fingerprint density at radius 1 is 1.36 bits per heavy atom. The molecule has 1 aliphatic heterocycles. The Kier molecular flexibility index (Phi) is 18.9. The summed E-state index contributed by atoms with van der Waals surface area (Å²) in [6.07, 6.45) is 2.54. The van der Waals surface area contributed by atoms with Gasteiger partial charge >= 0.3 is 0 Å². The molecule has 2 rings (SSSR count). The number of hydroxylamine groups is 1. The van der Waals surface area contributed by atoms with Crippen LogP contribution in [0.5, 0.6) is 0 Å². The lowest BCUT2D eigenvalue weighted by atomic mass is 10.2. The van der Waals surface area contributed by atoms with E-state index >= 15 is 0 Å². The topological polar surface area (TPSA) is 126 Å². The SMILES string of the molecule is C=C.C=C(NCC(C)C)c1ncn(C2CCC(C(=NC)NO)O2)c1/N=C(\C)Cl.CC.COC(C)(C)O. The summed E-state index contributed by atoms with van der Waals surface area (Å²) in [4.78, 5) is 12.9. The van der Waals surface area contributed by atoms with Crippen LogP contribution in [0.1, 0.15) is 73.2 Å². The summed E-state index contributed by atoms with van der Waals surface area (Å²) in [6.45, 7) is 24.0. The minimum atomic E-state index is -0.958. The molecule has 2 heterocycles. The molecule has 0 saturated carbocycles. The molecule has 1 fully saturated rings. The summed E-state index contributed by atoms with van der Waals surface area (Å²) < 4.78 is 12.3. The minimum Gasteiger partial charge on any atom is -0.383 e. The molecular weight excluding hydrogens is 484 g/mol. The number of nitrogens with one attached hydrogen (secondary N) is 2. The second-order valence-electron chi connectivity index (χ2n) is 8.21. The smallest absolute Gasteiger partial charge is 0.165 e. The van der Waals surface area contributed by atoms with E-state index in [-0.39, 0.29) is 12.3 Å². The van der Waals surface area contributed by atoms with Crippen LogP contribution in [-0.4, -0.2) is 63.5 Å². The fourth-order valence-corrected chi connectivity index (χ4v) is 2.82. The molecule has 4 N–H and O–H groups in total. The molecule has 0 aliphatic carbocycles. The lowest BCUT2D eigenvalue weighted by Gasteiger charge is -2.17. The van der Waals surface area contributed by atoms with Crippen LogP contribution < -0.4 is 10.8 Å². The second kappa shape index (κ2) is 18.9. The molecule has 0 amide bonds. The fourth-order valence-electron chi connectivity index (χ4n) is 2.74. The van der Waals surface area contributed by atoms with Gasteiger partial charge in [-0.1, -0.05) is 45.9 Å². The Morgan fingerprint density at radius 2 is 1.92 bits per heavy atom. The summed E-state index contributed by atoms with van der Waals surface area (Å²) in [7, 11) is 3.06. The first-order valence-corrected chi connectivity index (χ1v) is 12.3. The molecular formula is C25H47ClN6O4. The van der Waals surface area contributed by atoms with Gasteiger partial charge < -0.3 is 19.9 Å². The van der Waals surface area contributed by atoms with Crippen LogP contribution in [0.3, 0.4) is 0 Å². The van der Waals surface area contributed by atoms with Gasteiger partial charge in [0.05, 0.1) is 12.0 Å². The molecule has 11 heteroatoms. The minimum absolute atomic E-state index is 0.279. The zero-order valence-electron chi connectivity index (χ0n) is 23.4. The third kappa shape index (κ3) is 13.2. The van der Waals surface area contributed by atoms with Crippen molar-refractivity contribution >= 4 is 34.1 Å². The van der Waals surface area contributed by atoms with E-state index in [1.807, 2.05) is 18.4 Å². The summed E-state index contributed by atoms with van der Waals surface area (Å²) in [5.41, 5.74) is 3.42. The number of hydrogen-bond donors (Lipinski definition) is 4. The summed E-state index contributed by atoms with van der Waals surface area (Å²) >= 11 is 6.03. The van der Waals surface area contributed by atoms with Crippen LogP contribution in [-0.2, 0) is 9.47 Å². The molecule has 1 saturated heterocycles. The number of methoxy groups -OCH3 is 1. The highest BCUT2D eigenvalue weighted by Gasteiger charge is 2.32. The number of imidazole rings is 1. The third-order valence-electron chi connectivity index (χ3n) is 4.50. The number of halogens is 1. The molecule has 36 heavy (non-hydrogen) atoms. The highest BCUT2D eigenvalue weighted by Crippen LogP contribution is 2.35. The average Bonchev–Trinajstić information content (AvgIpc) is 3.48. The van der Waals surface area contributed by atoms with Gasteiger partial charge in [0, 0.05) is 20.7 Å². The predicted octanol–water partition coefficient (Wildman–Crippen LogP) is 5.26. The molecule has 1 aliphatic rings. The van der Waals surface area contributed by atoms with Crippen LogP contribution in [0.25, 0.3) is 5.70 Å². The van der Waals surface area contributed by atoms with E-state index in [9.17, 15) is 0 Å². The van der Waals surface area contributed by atoms with E-state index in [0.29, 0.717) is 40.6 Å². The highest BCUT2D eigenvalue weighted by molar-refractivity contribution is 6.65. The first-order chi connectivity index (χ1) is 16.9. The number of nitrogens with zero attached hydrogens (tertiary/aromatic N) is 4. The van der Waals surface area contributed by atoms with Gasteiger partial charge in [-0.25, -0.2) is 9.98 Å². The van der Waals surface area contributed by atoms with Gasteiger partial charge in [-0.2, -0.15) is 0 Å². The van der Waals surface area contributed by atoms with Crippen LogP contribution >= 0.6 is 11.6 Å². The molecule has 2 unspecified atom stereocenters. The van der Waals surface area contributed by atoms with Crippen molar-refractivity contribution in [1.29, 1.82) is 0 Å². The van der Waals surface area contributed by atoms with Crippen LogP contribution in [0, 0.1) is 5.92 Å². The van der Waals surface area contributed by atoms with Crippen LogP contribution in [0.4, 0.5) is 5.82 Å². The maximum absolute atomic E-state index is 9.16. The fraction of sp³-hybridized carbons (Fsp3) is 0.640. The van der Waals surface area contributed by atoms with E-state index in [2.05, 4.69) is 64.1 Å². The molecule has 0 bridgehead atoms. The van der Waals surface area contributed by atoms with Crippen molar-refractivity contribution < 1.29 is 19.8 Å². The Balaban J connectivity index is 0. The van der Waals surface area contributed by atoms with Crippen molar-refractivity contribution in [3.05, 3.63) is 31.8 Å². The zero-order chi connectivity index (χ0) is 28.5. The lowest BCUT2D eigenvalue weighted by molar-refractivity contribution is -0.155. The normalized spacial score (nSPS) is 17.7. The first kappa shape index (κ1) is 35.9. The average molecular weight is 531 g/mol. The van der Waals surface area contributed by atoms with Gasteiger partial charge in [-0.3, -0.25) is 20.2 Å². The van der Waals surface area contributed by atoms with Crippen molar-refractivity contribution in [1.82, 2.24) is 20.3 Å². The number of aromatic nitrogens is 2. The number of aliphatic hydroxyl groups is 1. The number of hydrogen-bond acceptors (Lipinski definition) is 8. The van der Waals surface area contributed by atoms with Gasteiger partial charge in [-0.05, 0) is 39.5 Å². The summed E-state index contributed by atoms with van der Waals surface area (Å²) in [5.74, 6) is 0.512. The molecule has 208 valence electrons. The predicted molar refractivity (Wildman–Crippen MR) is 150 cm³/mol. The largest absolute Gasteiger partial charge is 0.383 e. The second-order valence-corrected chi connectivity index (χ2v) is 8.76. The molecule has 2 atom stereocenters. The van der Waals surface area contributed by atoms with E-state index in [4.69, 9.17) is 26.7 Å². The van der Waals surface area contributed by atoms with Crippen molar-refractivity contribution in [3.63, 3.8) is 0 Å². The quantitative estimate of drug-likeness (QED) is 0.119. The Morgan fingerprint density at radius 3 is 2.33 bits per heavy atom. The monoisotopic (exact) mass is 530 g/mol. The van der Waals surface area contributed by atoms with E-state index in [1.165, 1.54) is 7.11 Å². The molecule has 0 aromatic carbocycles. The Labute approximate surface area is 222 Å². The van der Waals surface area contributed by atoms with Gasteiger partial charge in [0.2, 0.25) is 0 Å². The Hall–Kier alpha value is -2.24. The van der Waals surface area contributed by atoms with Gasteiger partial charge in [0.1, 0.15) is 29.0 Å². The molecule has 10 nitrogen and oxygen atoms in total. The summed E-state index contributed by atoms with van der Waals surface area (Å²) in [6, 6.07) is 0. The maximum atomic E-state index is 9.16. The highest BCUT2D eigenvalue weighted by atomic mass is 35.5. The summed E-state index contributed by atoms with van der Waals surface area (Å²) in [5, 5.41) is 21.4. The van der Waals surface area contributed by atoms with Crippen molar-refractivity contribution in [2.45, 2.75) is 79.4 Å². The van der Waals surface area contributed by atoms with E-state index in [0.717, 1.165) is 13.0 Å². The van der Waals surface area contributed by atoms with Crippen molar-refractivity contribution in [3.8, 4) is 0 Å². The molecule has 1 aromatic heterocycles. The standard InChI is InChI=1S/C17H27ClN6O2.C4H10O2.C2H6.C2H4/c1-10(2)8-20-11(3)15-17(22-12(4)18)24(9-21-15)14-7-6-13(26-14)16(19-5)23-25;1-4(2,5)6-3;2*1-2/h9-10,13-14,20,25H,3,6-8H2,1-2,4-5H3,(H,19,23);5H,1-3H3;1-2H3;1-2H2/b22-12+;;;. The van der Waals surface area contributed by atoms with E-state index in [1.54, 1.807) is 34.1 Å². The zero-order valence-corrected chi connectivity index (χ0v) is 24.2. The van der Waals surface area contributed by atoms with Gasteiger partial charge in [0.15, 0.2) is 11.6 Å². The van der Waals surface area contributed by atoms with Crippen LogP contribution in [0.2, 0.25) is 0 Å². The maximum Gasteiger partial charge on any atom is 0.165 e. The van der Waals surface area contributed by atoms with Crippen molar-refractivity contribution in [2.24, 2.45) is 15.9 Å². The number of rotatable bonds is 8. The van der Waals surface area contributed by atoms with E-state index < -0.39 is 5.79 Å². The first-order valence-electron chi connectivity index (χ1n) is 11.9. The molecule has 1 aromatic rings. The number of aliphatic imine (C=N–C) groups is 2. The van der Waals surface area contributed by atoms with Crippen molar-refractivity contribution in [2.75, 3.05) is 20.7 Å². The van der Waals surface area contributed by atoms with Gasteiger partial charge in [0.25, 0.3) is 0 Å². The van der Waals surface area contributed by atoms with Gasteiger partial charge in [-0.15, -0.1) is 13.2 Å². The number of ether oxygens (including phenoxy) is 2. The van der Waals surface area contributed by atoms with Crippen LogP contribution in [0.15, 0.2) is 36.0 Å². The molecule has 0 radical (unpaired) electrons. The Bertz CT molecular complexity index is 814. The third-order valence-corrected chi connectivity index (χ3v) is 4.59. The lowest BCUT2D eigenvalue weighted by Crippen LogP contribution is -2.32.